The van der Waals surface area contributed by atoms with Gasteiger partial charge in [0.15, 0.2) is 5.76 Å². The summed E-state index contributed by atoms with van der Waals surface area (Å²) in [6, 6.07) is 19.2. The zero-order chi connectivity index (χ0) is 16.9. The topological polar surface area (TPSA) is 70.7 Å². The lowest BCUT2D eigenvalue weighted by molar-refractivity contribution is 0.239. The van der Waals surface area contributed by atoms with E-state index in [0.29, 0.717) is 6.42 Å². The van der Waals surface area contributed by atoms with E-state index in [9.17, 15) is 15.0 Å². The second-order valence-corrected chi connectivity index (χ2v) is 5.64. The van der Waals surface area contributed by atoms with Crippen LogP contribution >= 0.6 is 0 Å². The highest BCUT2D eigenvalue weighted by Gasteiger charge is 2.20. The van der Waals surface area contributed by atoms with Crippen LogP contribution in [0.15, 0.2) is 76.1 Å². The van der Waals surface area contributed by atoms with E-state index < -0.39 is 17.1 Å². The van der Waals surface area contributed by atoms with Crippen molar-refractivity contribution in [1.29, 1.82) is 0 Å². The summed E-state index contributed by atoms with van der Waals surface area (Å²) in [5.74, 6) is -0.781. The monoisotopic (exact) mass is 322 g/mol. The summed E-state index contributed by atoms with van der Waals surface area (Å²) in [4.78, 5) is 11.5. The first-order valence-corrected chi connectivity index (χ1v) is 7.75. The minimum atomic E-state index is -0.505. The van der Waals surface area contributed by atoms with Crippen molar-refractivity contribution < 1.29 is 14.6 Å². The number of aliphatic hydroxyl groups excluding tert-OH is 1. The smallest absolute Gasteiger partial charge is 0.226 e. The van der Waals surface area contributed by atoms with Crippen molar-refractivity contribution >= 4 is 0 Å². The highest BCUT2D eigenvalue weighted by Crippen LogP contribution is 2.27. The molecule has 0 amide bonds. The average molecular weight is 322 g/mol. The van der Waals surface area contributed by atoms with E-state index in [0.717, 1.165) is 22.8 Å². The van der Waals surface area contributed by atoms with Crippen LogP contribution in [0.3, 0.4) is 0 Å². The third-order valence-corrected chi connectivity index (χ3v) is 4.02. The van der Waals surface area contributed by atoms with Gasteiger partial charge in [0, 0.05) is 12.0 Å². The number of aliphatic hydroxyl groups is 1. The van der Waals surface area contributed by atoms with Gasteiger partial charge in [0.25, 0.3) is 0 Å². The highest BCUT2D eigenvalue weighted by atomic mass is 16.4. The largest absolute Gasteiger partial charge is 0.502 e. The Kier molecular flexibility index (Phi) is 4.77. The van der Waals surface area contributed by atoms with Crippen molar-refractivity contribution in [3.8, 4) is 16.9 Å². The molecule has 122 valence electrons. The molecule has 0 aliphatic carbocycles. The second-order valence-electron chi connectivity index (χ2n) is 5.64. The van der Waals surface area contributed by atoms with Gasteiger partial charge < -0.3 is 14.6 Å². The van der Waals surface area contributed by atoms with Crippen molar-refractivity contribution in [3.63, 3.8) is 0 Å². The zero-order valence-electron chi connectivity index (χ0n) is 13.1. The molecule has 0 aliphatic heterocycles. The fourth-order valence-electron chi connectivity index (χ4n) is 2.70. The summed E-state index contributed by atoms with van der Waals surface area (Å²) in [6.45, 7) is -0.221. The van der Waals surface area contributed by atoms with Crippen LogP contribution in [-0.4, -0.2) is 16.8 Å². The Balaban J connectivity index is 1.82. The summed E-state index contributed by atoms with van der Waals surface area (Å²) in [7, 11) is 0. The predicted octanol–water partition coefficient (Wildman–Crippen LogP) is 3.33. The van der Waals surface area contributed by atoms with Crippen LogP contribution in [-0.2, 0) is 6.42 Å². The molecule has 1 unspecified atom stereocenters. The number of aromatic hydroxyl groups is 1. The van der Waals surface area contributed by atoms with Crippen LogP contribution in [0.5, 0.6) is 5.75 Å². The molecule has 1 atom stereocenters. The molecule has 0 radical (unpaired) electrons. The molecule has 3 aromatic rings. The van der Waals surface area contributed by atoms with Crippen LogP contribution in [0.4, 0.5) is 0 Å². The molecular weight excluding hydrogens is 304 g/mol. The molecule has 0 aliphatic rings. The summed E-state index contributed by atoms with van der Waals surface area (Å²) >= 11 is 0. The van der Waals surface area contributed by atoms with Crippen LogP contribution in [0.2, 0.25) is 0 Å². The molecule has 0 bridgehead atoms. The maximum Gasteiger partial charge on any atom is 0.226 e. The fraction of sp³-hybridized carbons (Fsp3) is 0.150. The van der Waals surface area contributed by atoms with E-state index >= 15 is 0 Å². The van der Waals surface area contributed by atoms with Gasteiger partial charge in [0.2, 0.25) is 11.2 Å². The summed E-state index contributed by atoms with van der Waals surface area (Å²) in [5, 5.41) is 19.5. The number of benzene rings is 2. The Labute approximate surface area is 139 Å². The average Bonchev–Trinajstić information content (AvgIpc) is 2.63. The van der Waals surface area contributed by atoms with Gasteiger partial charge in [-0.2, -0.15) is 0 Å². The van der Waals surface area contributed by atoms with Crippen LogP contribution in [0.1, 0.15) is 17.2 Å². The Morgan fingerprint density at radius 1 is 0.917 bits per heavy atom. The van der Waals surface area contributed by atoms with E-state index in [1.165, 1.54) is 6.26 Å². The van der Waals surface area contributed by atoms with E-state index in [4.69, 9.17) is 4.42 Å². The normalized spacial score (nSPS) is 12.0. The third-order valence-electron chi connectivity index (χ3n) is 4.02. The molecular formula is C20H18O4. The van der Waals surface area contributed by atoms with Crippen molar-refractivity contribution in [2.24, 2.45) is 0 Å². The van der Waals surface area contributed by atoms with Crippen molar-refractivity contribution in [1.82, 2.24) is 0 Å². The fourth-order valence-corrected chi connectivity index (χ4v) is 2.70. The molecule has 1 aromatic heterocycles. The van der Waals surface area contributed by atoms with Gasteiger partial charge in [-0.15, -0.1) is 0 Å². The zero-order valence-corrected chi connectivity index (χ0v) is 13.1. The van der Waals surface area contributed by atoms with Gasteiger partial charge in [-0.1, -0.05) is 54.6 Å². The quantitative estimate of drug-likeness (QED) is 0.756. The molecule has 24 heavy (non-hydrogen) atoms. The Hall–Kier alpha value is -2.85. The van der Waals surface area contributed by atoms with E-state index in [2.05, 4.69) is 0 Å². The molecule has 0 fully saturated rings. The lowest BCUT2D eigenvalue weighted by Crippen LogP contribution is -2.11. The van der Waals surface area contributed by atoms with E-state index in [1.807, 2.05) is 54.6 Å². The van der Waals surface area contributed by atoms with Crippen LogP contribution in [0.25, 0.3) is 11.1 Å². The molecule has 0 saturated heterocycles. The Morgan fingerprint density at radius 2 is 1.58 bits per heavy atom. The lowest BCUT2D eigenvalue weighted by atomic mass is 9.95. The standard InChI is InChI=1S/C20H18O4/c21-13-17(20-19(23)18(22)10-11-24-20)12-14-6-8-16(9-7-14)15-4-2-1-3-5-15/h1-11,17,21,23H,12-13H2. The second kappa shape index (κ2) is 7.15. The highest BCUT2D eigenvalue weighted by molar-refractivity contribution is 5.63. The first-order valence-electron chi connectivity index (χ1n) is 7.75. The minimum absolute atomic E-state index is 0.122. The predicted molar refractivity (Wildman–Crippen MR) is 92.1 cm³/mol. The minimum Gasteiger partial charge on any atom is -0.502 e. The SMILES string of the molecule is O=c1ccoc(C(CO)Cc2ccc(-c3ccccc3)cc2)c1O. The molecule has 2 N–H and O–H groups in total. The van der Waals surface area contributed by atoms with Crippen molar-refractivity contribution in [3.05, 3.63) is 88.5 Å². The molecule has 0 saturated carbocycles. The van der Waals surface area contributed by atoms with Crippen molar-refractivity contribution in [2.45, 2.75) is 12.3 Å². The van der Waals surface area contributed by atoms with E-state index in [1.54, 1.807) is 0 Å². The summed E-state index contributed by atoms with van der Waals surface area (Å²) in [6.07, 6.45) is 1.70. The van der Waals surface area contributed by atoms with Gasteiger partial charge in [-0.05, 0) is 23.1 Å². The molecule has 4 heteroatoms. The van der Waals surface area contributed by atoms with Gasteiger partial charge >= 0.3 is 0 Å². The molecule has 2 aromatic carbocycles. The van der Waals surface area contributed by atoms with Crippen LogP contribution < -0.4 is 5.43 Å². The van der Waals surface area contributed by atoms with Gasteiger partial charge in [0.1, 0.15) is 0 Å². The Bertz CT molecular complexity index is 851. The maximum absolute atomic E-state index is 11.5. The first kappa shape index (κ1) is 16.0. The van der Waals surface area contributed by atoms with E-state index in [-0.39, 0.29) is 12.4 Å². The maximum atomic E-state index is 11.5. The third kappa shape index (κ3) is 3.39. The Morgan fingerprint density at radius 3 is 2.25 bits per heavy atom. The summed E-state index contributed by atoms with van der Waals surface area (Å²) in [5.41, 5.74) is 2.72. The number of hydrogen-bond acceptors (Lipinski definition) is 4. The molecule has 1 heterocycles. The number of rotatable bonds is 5. The molecule has 3 rings (SSSR count). The van der Waals surface area contributed by atoms with Crippen LogP contribution in [0, 0.1) is 0 Å². The van der Waals surface area contributed by atoms with Gasteiger partial charge in [-0.25, -0.2) is 0 Å². The lowest BCUT2D eigenvalue weighted by Gasteiger charge is -2.14. The molecule has 0 spiro atoms. The number of hydrogen-bond donors (Lipinski definition) is 2. The van der Waals surface area contributed by atoms with Gasteiger partial charge in [-0.3, -0.25) is 4.79 Å². The first-order chi connectivity index (χ1) is 11.7. The molecule has 4 nitrogen and oxygen atoms in total. The van der Waals surface area contributed by atoms with Crippen molar-refractivity contribution in [2.75, 3.05) is 6.61 Å². The van der Waals surface area contributed by atoms with Gasteiger partial charge in [0.05, 0.1) is 12.9 Å². The summed E-state index contributed by atoms with van der Waals surface area (Å²) < 4.78 is 5.25.